The fraction of sp³-hybridized carbons (Fsp3) is 0.529. The topological polar surface area (TPSA) is 105 Å². The maximum absolute atomic E-state index is 11.4. The average Bonchev–Trinajstić information content (AvgIpc) is 2.65. The minimum absolute atomic E-state index is 0.0329. The molecule has 9 heteroatoms. The number of benzene rings is 1. The smallest absolute Gasteiger partial charge is 0.293 e. The van der Waals surface area contributed by atoms with Gasteiger partial charge in [0.05, 0.1) is 23.7 Å². The van der Waals surface area contributed by atoms with E-state index in [4.69, 9.17) is 4.74 Å². The molecular formula is C17H24N6O3. The third kappa shape index (κ3) is 4.36. The van der Waals surface area contributed by atoms with Crippen molar-refractivity contribution in [3.05, 3.63) is 28.6 Å². The van der Waals surface area contributed by atoms with Crippen LogP contribution in [0.3, 0.4) is 0 Å². The molecule has 1 aromatic heterocycles. The van der Waals surface area contributed by atoms with Crippen molar-refractivity contribution in [2.24, 2.45) is 0 Å². The Morgan fingerprint density at radius 3 is 2.81 bits per heavy atom. The lowest BCUT2D eigenvalue weighted by Crippen LogP contribution is -2.37. The van der Waals surface area contributed by atoms with Gasteiger partial charge in [0.25, 0.3) is 5.69 Å². The Labute approximate surface area is 151 Å². The van der Waals surface area contributed by atoms with Crippen LogP contribution in [0.4, 0.5) is 17.2 Å². The summed E-state index contributed by atoms with van der Waals surface area (Å²) in [6.45, 7) is 7.75. The monoisotopic (exact) mass is 360 g/mol. The summed E-state index contributed by atoms with van der Waals surface area (Å²) in [5.74, 6) is 0.628. The number of fused-ring (bicyclic) bond motifs is 1. The molecule has 2 aromatic rings. The lowest BCUT2D eigenvalue weighted by molar-refractivity contribution is -0.383. The van der Waals surface area contributed by atoms with Gasteiger partial charge in [-0.05, 0) is 26.0 Å². The van der Waals surface area contributed by atoms with Crippen LogP contribution < -0.4 is 10.6 Å². The van der Waals surface area contributed by atoms with Gasteiger partial charge < -0.3 is 15.4 Å². The zero-order valence-electron chi connectivity index (χ0n) is 14.9. The van der Waals surface area contributed by atoms with E-state index in [0.29, 0.717) is 29.0 Å². The maximum Gasteiger partial charge on any atom is 0.293 e. The van der Waals surface area contributed by atoms with E-state index in [1.54, 1.807) is 6.07 Å². The molecule has 140 valence electrons. The Bertz CT molecular complexity index is 763. The summed E-state index contributed by atoms with van der Waals surface area (Å²) in [5.41, 5.74) is 1.18. The summed E-state index contributed by atoms with van der Waals surface area (Å²) in [5, 5.41) is 18.3. The molecule has 9 nitrogen and oxygen atoms in total. The van der Waals surface area contributed by atoms with Gasteiger partial charge in [-0.15, -0.1) is 0 Å². The summed E-state index contributed by atoms with van der Waals surface area (Å²) < 4.78 is 5.35. The largest absolute Gasteiger partial charge is 0.380 e. The molecule has 0 unspecified atom stereocenters. The molecule has 2 N–H and O–H groups in total. The highest BCUT2D eigenvalue weighted by molar-refractivity contribution is 5.94. The van der Waals surface area contributed by atoms with Crippen molar-refractivity contribution in [2.45, 2.75) is 13.3 Å². The molecule has 1 fully saturated rings. The van der Waals surface area contributed by atoms with Crippen molar-refractivity contribution in [3.8, 4) is 0 Å². The molecule has 0 amide bonds. The van der Waals surface area contributed by atoms with Crippen LogP contribution in [0, 0.1) is 10.1 Å². The first-order chi connectivity index (χ1) is 12.7. The Balaban J connectivity index is 1.71. The molecule has 1 aliphatic rings. The van der Waals surface area contributed by atoms with E-state index in [0.717, 1.165) is 45.8 Å². The first-order valence-corrected chi connectivity index (χ1v) is 8.90. The van der Waals surface area contributed by atoms with Gasteiger partial charge in [-0.25, -0.2) is 9.97 Å². The Morgan fingerprint density at radius 1 is 1.27 bits per heavy atom. The number of nitrogens with one attached hydrogen (secondary N) is 2. The Kier molecular flexibility index (Phi) is 6.13. The van der Waals surface area contributed by atoms with E-state index >= 15 is 0 Å². The summed E-state index contributed by atoms with van der Waals surface area (Å²) >= 11 is 0. The van der Waals surface area contributed by atoms with Crippen LogP contribution in [0.25, 0.3) is 10.9 Å². The number of nitro groups is 1. The molecule has 26 heavy (non-hydrogen) atoms. The van der Waals surface area contributed by atoms with Crippen LogP contribution in [0.15, 0.2) is 18.5 Å². The first-order valence-electron chi connectivity index (χ1n) is 8.90. The fourth-order valence-electron chi connectivity index (χ4n) is 3.05. The third-order valence-corrected chi connectivity index (χ3v) is 4.36. The van der Waals surface area contributed by atoms with Crippen molar-refractivity contribution in [1.82, 2.24) is 14.9 Å². The summed E-state index contributed by atoms with van der Waals surface area (Å²) in [7, 11) is 0. The molecule has 0 aliphatic carbocycles. The number of nitrogens with zero attached hydrogens (tertiary/aromatic N) is 4. The second kappa shape index (κ2) is 8.72. The lowest BCUT2D eigenvalue weighted by atomic mass is 10.1. The predicted molar refractivity (Wildman–Crippen MR) is 101 cm³/mol. The highest BCUT2D eigenvalue weighted by Gasteiger charge is 2.17. The number of hydrogen-bond donors (Lipinski definition) is 2. The molecular weight excluding hydrogens is 336 g/mol. The number of rotatable bonds is 8. The number of hydrogen-bond acceptors (Lipinski definition) is 8. The number of aromatic nitrogens is 2. The molecule has 0 radical (unpaired) electrons. The van der Waals surface area contributed by atoms with Crippen molar-refractivity contribution >= 4 is 28.1 Å². The molecule has 1 aliphatic heterocycles. The quantitative estimate of drug-likeness (QED) is 0.419. The number of ether oxygens (including phenoxy) is 1. The first kappa shape index (κ1) is 18.3. The zero-order valence-corrected chi connectivity index (χ0v) is 14.9. The van der Waals surface area contributed by atoms with Gasteiger partial charge in [0.15, 0.2) is 0 Å². The molecule has 0 atom stereocenters. The highest BCUT2D eigenvalue weighted by Crippen LogP contribution is 2.31. The second-order valence-electron chi connectivity index (χ2n) is 6.13. The van der Waals surface area contributed by atoms with Crippen LogP contribution >= 0.6 is 0 Å². The normalized spacial score (nSPS) is 15.1. The SMILES string of the molecule is CCNc1cc2ncnc(NCCCN3CCOCC3)c2cc1[N+](=O)[O-]. The highest BCUT2D eigenvalue weighted by atomic mass is 16.6. The minimum Gasteiger partial charge on any atom is -0.380 e. The van der Waals surface area contributed by atoms with Crippen LogP contribution in [-0.2, 0) is 4.74 Å². The van der Waals surface area contributed by atoms with Gasteiger partial charge >= 0.3 is 0 Å². The number of anilines is 2. The van der Waals surface area contributed by atoms with Gasteiger partial charge in [0, 0.05) is 37.6 Å². The molecule has 1 aromatic carbocycles. The van der Waals surface area contributed by atoms with Crippen molar-refractivity contribution in [1.29, 1.82) is 0 Å². The van der Waals surface area contributed by atoms with Gasteiger partial charge in [-0.1, -0.05) is 0 Å². The van der Waals surface area contributed by atoms with Gasteiger partial charge in [-0.2, -0.15) is 0 Å². The van der Waals surface area contributed by atoms with Crippen LogP contribution in [-0.4, -0.2) is 65.7 Å². The summed E-state index contributed by atoms with van der Waals surface area (Å²) in [6.07, 6.45) is 2.44. The lowest BCUT2D eigenvalue weighted by Gasteiger charge is -2.26. The van der Waals surface area contributed by atoms with Crippen LogP contribution in [0.1, 0.15) is 13.3 Å². The number of morpholine rings is 1. The van der Waals surface area contributed by atoms with Crippen LogP contribution in [0.5, 0.6) is 0 Å². The molecule has 2 heterocycles. The standard InChI is InChI=1S/C17H24N6O3/c1-2-18-15-11-14-13(10-16(15)23(24)25)17(21-12-20-14)19-4-3-5-22-6-8-26-9-7-22/h10-12,18H,2-9H2,1H3,(H,19,20,21). The second-order valence-corrected chi connectivity index (χ2v) is 6.13. The summed E-state index contributed by atoms with van der Waals surface area (Å²) in [6, 6.07) is 3.25. The van der Waals surface area contributed by atoms with Crippen molar-refractivity contribution < 1.29 is 9.66 Å². The van der Waals surface area contributed by atoms with E-state index < -0.39 is 0 Å². The molecule has 0 spiro atoms. The zero-order chi connectivity index (χ0) is 18.4. The van der Waals surface area contributed by atoms with E-state index in [1.807, 2.05) is 6.92 Å². The van der Waals surface area contributed by atoms with Gasteiger partial charge in [0.2, 0.25) is 0 Å². The van der Waals surface area contributed by atoms with E-state index in [1.165, 1.54) is 12.4 Å². The van der Waals surface area contributed by atoms with Crippen LogP contribution in [0.2, 0.25) is 0 Å². The number of nitro benzene ring substituents is 1. The van der Waals surface area contributed by atoms with E-state index in [-0.39, 0.29) is 10.6 Å². The van der Waals surface area contributed by atoms with Crippen molar-refractivity contribution in [2.75, 3.05) is 56.6 Å². The van der Waals surface area contributed by atoms with Gasteiger partial charge in [-0.3, -0.25) is 15.0 Å². The maximum atomic E-state index is 11.4. The summed E-state index contributed by atoms with van der Waals surface area (Å²) in [4.78, 5) is 21.9. The molecule has 0 saturated carbocycles. The fourth-order valence-corrected chi connectivity index (χ4v) is 3.05. The predicted octanol–water partition coefficient (Wildman–Crippen LogP) is 2.10. The minimum atomic E-state index is -0.382. The molecule has 3 rings (SSSR count). The van der Waals surface area contributed by atoms with Gasteiger partial charge in [0.1, 0.15) is 17.8 Å². The Hall–Kier alpha value is -2.52. The van der Waals surface area contributed by atoms with E-state index in [2.05, 4.69) is 25.5 Å². The molecule has 1 saturated heterocycles. The average molecular weight is 360 g/mol. The van der Waals surface area contributed by atoms with Crippen molar-refractivity contribution in [3.63, 3.8) is 0 Å². The third-order valence-electron chi connectivity index (χ3n) is 4.36. The van der Waals surface area contributed by atoms with E-state index in [9.17, 15) is 10.1 Å². The molecule has 0 bridgehead atoms. The Morgan fingerprint density at radius 2 is 2.08 bits per heavy atom.